The number of rotatable bonds is 5. The fraction of sp³-hybridized carbons (Fsp3) is 0.846. The average molecular weight is 256 g/mol. The molecule has 1 atom stereocenters. The van der Waals surface area contributed by atoms with Crippen molar-refractivity contribution in [3.8, 4) is 0 Å². The molecular weight excluding hydrogens is 232 g/mol. The van der Waals surface area contributed by atoms with Gasteiger partial charge in [-0.15, -0.1) is 0 Å². The summed E-state index contributed by atoms with van der Waals surface area (Å²) in [7, 11) is 0. The van der Waals surface area contributed by atoms with Crippen molar-refractivity contribution in [3.05, 3.63) is 0 Å². The molecule has 1 aliphatic carbocycles. The molecule has 0 unspecified atom stereocenters. The Kier molecular flexibility index (Phi) is 5.14. The van der Waals surface area contributed by atoms with E-state index < -0.39 is 17.4 Å². The van der Waals surface area contributed by atoms with Crippen LogP contribution < -0.4 is 11.1 Å². The van der Waals surface area contributed by atoms with Gasteiger partial charge in [0.15, 0.2) is 0 Å². The number of carboxylic acids is 1. The third kappa shape index (κ3) is 3.45. The molecule has 0 bridgehead atoms. The summed E-state index contributed by atoms with van der Waals surface area (Å²) < 4.78 is 0. The Balaban J connectivity index is 2.58. The van der Waals surface area contributed by atoms with Crippen molar-refractivity contribution in [3.63, 3.8) is 0 Å². The number of carboxylic acid groups (broad SMARTS) is 1. The smallest absolute Gasteiger partial charge is 0.311 e. The summed E-state index contributed by atoms with van der Waals surface area (Å²) in [6.07, 6.45) is 4.18. The van der Waals surface area contributed by atoms with E-state index in [0.717, 1.165) is 19.3 Å². The highest BCUT2D eigenvalue weighted by Gasteiger charge is 2.40. The average Bonchev–Trinajstić information content (AvgIpc) is 2.35. The Morgan fingerprint density at radius 1 is 1.28 bits per heavy atom. The summed E-state index contributed by atoms with van der Waals surface area (Å²) >= 11 is 0. The number of hydrogen-bond donors (Lipinski definition) is 3. The van der Waals surface area contributed by atoms with Crippen LogP contribution in [0.5, 0.6) is 0 Å². The van der Waals surface area contributed by atoms with Gasteiger partial charge in [0.25, 0.3) is 0 Å². The van der Waals surface area contributed by atoms with Crippen LogP contribution in [-0.2, 0) is 9.59 Å². The fourth-order valence-corrected chi connectivity index (χ4v) is 2.37. The number of carbonyl (C=O) groups excluding carboxylic acids is 1. The predicted molar refractivity (Wildman–Crippen MR) is 69.0 cm³/mol. The largest absolute Gasteiger partial charge is 0.481 e. The van der Waals surface area contributed by atoms with Crippen LogP contribution in [0.15, 0.2) is 0 Å². The number of hydrogen-bond acceptors (Lipinski definition) is 3. The van der Waals surface area contributed by atoms with E-state index >= 15 is 0 Å². The van der Waals surface area contributed by atoms with Crippen molar-refractivity contribution in [2.45, 2.75) is 52.0 Å². The first-order chi connectivity index (χ1) is 8.39. The van der Waals surface area contributed by atoms with Crippen LogP contribution in [0.1, 0.15) is 46.0 Å². The van der Waals surface area contributed by atoms with Crippen LogP contribution in [0, 0.1) is 11.3 Å². The normalized spacial score (nSPS) is 20.4. The second kappa shape index (κ2) is 6.18. The summed E-state index contributed by atoms with van der Waals surface area (Å²) in [5.41, 5.74) is 4.95. The van der Waals surface area contributed by atoms with Gasteiger partial charge in [0, 0.05) is 6.54 Å². The second-order valence-corrected chi connectivity index (χ2v) is 5.63. The molecule has 0 heterocycles. The molecule has 4 N–H and O–H groups in total. The van der Waals surface area contributed by atoms with E-state index in [-0.39, 0.29) is 18.4 Å². The lowest BCUT2D eigenvalue weighted by Crippen LogP contribution is -2.50. The fourth-order valence-electron chi connectivity index (χ4n) is 2.37. The maximum absolute atomic E-state index is 11.8. The van der Waals surface area contributed by atoms with E-state index in [1.807, 2.05) is 13.8 Å². The minimum atomic E-state index is -0.805. The maximum Gasteiger partial charge on any atom is 0.311 e. The highest BCUT2D eigenvalue weighted by Crippen LogP contribution is 2.36. The predicted octanol–water partition coefficient (Wildman–Crippen LogP) is 1.12. The molecule has 1 amide bonds. The monoisotopic (exact) mass is 256 g/mol. The maximum atomic E-state index is 11.8. The van der Waals surface area contributed by atoms with E-state index in [2.05, 4.69) is 5.32 Å². The lowest BCUT2D eigenvalue weighted by molar-refractivity contribution is -0.151. The number of aliphatic carboxylic acids is 1. The third-order valence-electron chi connectivity index (χ3n) is 3.89. The van der Waals surface area contributed by atoms with Gasteiger partial charge in [-0.25, -0.2) is 0 Å². The molecule has 0 aliphatic heterocycles. The van der Waals surface area contributed by atoms with Crippen LogP contribution in [0.2, 0.25) is 0 Å². The van der Waals surface area contributed by atoms with E-state index in [1.165, 1.54) is 0 Å². The highest BCUT2D eigenvalue weighted by molar-refractivity contribution is 5.83. The van der Waals surface area contributed by atoms with Crippen molar-refractivity contribution in [1.29, 1.82) is 0 Å². The zero-order valence-corrected chi connectivity index (χ0v) is 11.2. The third-order valence-corrected chi connectivity index (χ3v) is 3.89. The van der Waals surface area contributed by atoms with E-state index in [1.54, 1.807) is 0 Å². The van der Waals surface area contributed by atoms with Gasteiger partial charge < -0.3 is 16.2 Å². The molecule has 5 nitrogen and oxygen atoms in total. The number of nitrogens with one attached hydrogen (secondary N) is 1. The van der Waals surface area contributed by atoms with Gasteiger partial charge >= 0.3 is 5.97 Å². The van der Waals surface area contributed by atoms with Crippen molar-refractivity contribution < 1.29 is 14.7 Å². The molecule has 18 heavy (non-hydrogen) atoms. The van der Waals surface area contributed by atoms with E-state index in [0.29, 0.717) is 12.8 Å². The number of amides is 1. The van der Waals surface area contributed by atoms with Crippen LogP contribution in [0.25, 0.3) is 0 Å². The Labute approximate surface area is 108 Å². The molecule has 0 aromatic carbocycles. The first-order valence-corrected chi connectivity index (χ1v) is 6.66. The van der Waals surface area contributed by atoms with Gasteiger partial charge in [-0.1, -0.05) is 33.1 Å². The zero-order chi connectivity index (χ0) is 13.8. The van der Waals surface area contributed by atoms with Crippen LogP contribution >= 0.6 is 0 Å². The number of nitrogens with two attached hydrogens (primary N) is 1. The number of carbonyl (C=O) groups is 2. The van der Waals surface area contributed by atoms with Gasteiger partial charge in [-0.2, -0.15) is 0 Å². The lowest BCUT2D eigenvalue weighted by atomic mass is 9.74. The van der Waals surface area contributed by atoms with Crippen molar-refractivity contribution in [1.82, 2.24) is 5.32 Å². The summed E-state index contributed by atoms with van der Waals surface area (Å²) in [5, 5.41) is 12.1. The topological polar surface area (TPSA) is 92.4 Å². The molecule has 0 saturated heterocycles. The summed E-state index contributed by atoms with van der Waals surface area (Å²) in [4.78, 5) is 23.2. The first-order valence-electron chi connectivity index (χ1n) is 6.66. The molecule has 1 saturated carbocycles. The molecule has 104 valence electrons. The van der Waals surface area contributed by atoms with Crippen LogP contribution in [0.4, 0.5) is 0 Å². The first kappa shape index (κ1) is 15.0. The Hall–Kier alpha value is -1.10. The molecule has 1 rings (SSSR count). The summed E-state index contributed by atoms with van der Waals surface area (Å²) in [6, 6.07) is -0.570. The molecule has 0 spiro atoms. The Morgan fingerprint density at radius 2 is 1.83 bits per heavy atom. The SMILES string of the molecule is CC(C)[C@@H](N)C(=O)NCC1(C(=O)O)CCCCC1. The Morgan fingerprint density at radius 3 is 2.28 bits per heavy atom. The molecule has 5 heteroatoms. The van der Waals surface area contributed by atoms with Crippen LogP contribution in [-0.4, -0.2) is 29.6 Å². The zero-order valence-electron chi connectivity index (χ0n) is 11.2. The molecular formula is C13H24N2O3. The molecule has 0 aromatic heterocycles. The minimum Gasteiger partial charge on any atom is -0.481 e. The van der Waals surface area contributed by atoms with Crippen LogP contribution in [0.3, 0.4) is 0 Å². The Bertz CT molecular complexity index is 309. The van der Waals surface area contributed by atoms with Gasteiger partial charge in [0.05, 0.1) is 11.5 Å². The van der Waals surface area contributed by atoms with Crippen molar-refractivity contribution in [2.75, 3.05) is 6.54 Å². The minimum absolute atomic E-state index is 0.0529. The lowest BCUT2D eigenvalue weighted by Gasteiger charge is -2.33. The second-order valence-electron chi connectivity index (χ2n) is 5.63. The van der Waals surface area contributed by atoms with Gasteiger partial charge in [0.1, 0.15) is 0 Å². The molecule has 0 aromatic rings. The highest BCUT2D eigenvalue weighted by atomic mass is 16.4. The molecule has 1 fully saturated rings. The van der Waals surface area contributed by atoms with E-state index in [9.17, 15) is 14.7 Å². The van der Waals surface area contributed by atoms with Gasteiger partial charge in [0.2, 0.25) is 5.91 Å². The van der Waals surface area contributed by atoms with Gasteiger partial charge in [-0.3, -0.25) is 9.59 Å². The van der Waals surface area contributed by atoms with Gasteiger partial charge in [-0.05, 0) is 18.8 Å². The van der Waals surface area contributed by atoms with E-state index in [4.69, 9.17) is 5.73 Å². The summed E-state index contributed by atoms with van der Waals surface area (Å²) in [5.74, 6) is -1.01. The molecule has 0 radical (unpaired) electrons. The van der Waals surface area contributed by atoms with Crippen molar-refractivity contribution >= 4 is 11.9 Å². The quantitative estimate of drug-likeness (QED) is 0.687. The summed E-state index contributed by atoms with van der Waals surface area (Å²) in [6.45, 7) is 3.94. The standard InChI is InChI=1S/C13H24N2O3/c1-9(2)10(14)11(16)15-8-13(12(17)18)6-4-3-5-7-13/h9-10H,3-8,14H2,1-2H3,(H,15,16)(H,17,18)/t10-/m1/s1. The molecule has 1 aliphatic rings. The van der Waals surface area contributed by atoms with Crippen molar-refractivity contribution in [2.24, 2.45) is 17.1 Å².